The van der Waals surface area contributed by atoms with Crippen molar-refractivity contribution in [2.75, 3.05) is 5.43 Å². The van der Waals surface area contributed by atoms with Crippen molar-refractivity contribution in [3.8, 4) is 0 Å². The zero-order chi connectivity index (χ0) is 12.4. The first-order valence-corrected chi connectivity index (χ1v) is 6.04. The number of aromatic nitrogens is 3. The fourth-order valence-corrected chi connectivity index (χ4v) is 2.75. The number of hydrogen-bond acceptors (Lipinski definition) is 7. The van der Waals surface area contributed by atoms with E-state index in [1.54, 1.807) is 6.92 Å². The van der Waals surface area contributed by atoms with Gasteiger partial charge in [-0.05, 0) is 18.7 Å². The van der Waals surface area contributed by atoms with Crippen LogP contribution in [0.5, 0.6) is 0 Å². The van der Waals surface area contributed by atoms with Crippen LogP contribution >= 0.6 is 23.1 Å². The Hall–Kier alpha value is -1.32. The topological polar surface area (TPSA) is 76.7 Å². The zero-order valence-electron chi connectivity index (χ0n) is 8.57. The number of hydrazine groups is 1. The normalized spacial score (nSPS) is 10.6. The third kappa shape index (κ3) is 2.68. The number of hydrogen-bond donors (Lipinski definition) is 2. The highest BCUT2D eigenvalue weighted by Gasteiger charge is 2.14. The van der Waals surface area contributed by atoms with Gasteiger partial charge in [-0.1, -0.05) is 11.3 Å². The lowest BCUT2D eigenvalue weighted by atomic mass is 10.4. The van der Waals surface area contributed by atoms with Gasteiger partial charge in [-0.3, -0.25) is 0 Å². The molecule has 0 atom stereocenters. The molecule has 0 amide bonds. The summed E-state index contributed by atoms with van der Waals surface area (Å²) in [7, 11) is 0. The van der Waals surface area contributed by atoms with Crippen molar-refractivity contribution >= 4 is 28.9 Å². The number of nitrogen functional groups attached to an aromatic ring is 1. The maximum atomic E-state index is 13.4. The molecule has 0 fully saturated rings. The van der Waals surface area contributed by atoms with Crippen molar-refractivity contribution in [1.82, 2.24) is 15.2 Å². The predicted octanol–water partition coefficient (Wildman–Crippen LogP) is 1.96. The third-order valence-corrected chi connectivity index (χ3v) is 3.59. The molecule has 9 heteroatoms. The monoisotopic (exact) mass is 275 g/mol. The Kier molecular flexibility index (Phi) is 3.50. The Labute approximate surface area is 103 Å². The Morgan fingerprint density at radius 1 is 1.35 bits per heavy atom. The number of anilines is 1. The van der Waals surface area contributed by atoms with Crippen LogP contribution < -0.4 is 11.3 Å². The molecule has 0 saturated heterocycles. The molecule has 0 unspecified atom stereocenters. The average Bonchev–Trinajstić information content (AvgIpc) is 2.68. The van der Waals surface area contributed by atoms with Crippen LogP contribution in [0.1, 0.15) is 5.01 Å². The Balaban J connectivity index is 2.32. The van der Waals surface area contributed by atoms with Gasteiger partial charge in [0, 0.05) is 6.07 Å². The number of aryl methyl sites for hydroxylation is 1. The smallest absolute Gasteiger partial charge is 0.180 e. The number of nitrogens with two attached hydrogens (primary N) is 1. The van der Waals surface area contributed by atoms with Gasteiger partial charge in [-0.15, -0.1) is 10.2 Å². The summed E-state index contributed by atoms with van der Waals surface area (Å²) in [6.45, 7) is 1.78. The van der Waals surface area contributed by atoms with E-state index in [0.29, 0.717) is 4.34 Å². The Bertz CT molecular complexity index is 545. The van der Waals surface area contributed by atoms with E-state index < -0.39 is 11.6 Å². The Morgan fingerprint density at radius 3 is 2.71 bits per heavy atom. The highest BCUT2D eigenvalue weighted by Crippen LogP contribution is 2.31. The summed E-state index contributed by atoms with van der Waals surface area (Å²) in [6, 6.07) is 0.721. The quantitative estimate of drug-likeness (QED) is 0.658. The Morgan fingerprint density at radius 2 is 2.12 bits per heavy atom. The molecule has 3 N–H and O–H groups in total. The van der Waals surface area contributed by atoms with Crippen LogP contribution in [-0.4, -0.2) is 15.2 Å². The molecule has 2 aromatic rings. The lowest BCUT2D eigenvalue weighted by Gasteiger charge is -2.04. The lowest BCUT2D eigenvalue weighted by molar-refractivity contribution is 0.551. The molecule has 0 radical (unpaired) electrons. The molecular weight excluding hydrogens is 268 g/mol. The van der Waals surface area contributed by atoms with Crippen LogP contribution in [0, 0.1) is 18.6 Å². The average molecular weight is 275 g/mol. The van der Waals surface area contributed by atoms with Crippen LogP contribution in [0.15, 0.2) is 15.4 Å². The van der Waals surface area contributed by atoms with Gasteiger partial charge in [0.15, 0.2) is 21.8 Å². The molecule has 0 saturated carbocycles. The first-order chi connectivity index (χ1) is 8.10. The number of halogens is 2. The van der Waals surface area contributed by atoms with E-state index in [2.05, 4.69) is 20.6 Å². The molecule has 0 aliphatic carbocycles. The summed E-state index contributed by atoms with van der Waals surface area (Å²) in [5.41, 5.74) is 2.06. The van der Waals surface area contributed by atoms with Gasteiger partial charge < -0.3 is 5.43 Å². The van der Waals surface area contributed by atoms with Gasteiger partial charge in [0.1, 0.15) is 10.0 Å². The molecule has 0 aromatic carbocycles. The van der Waals surface area contributed by atoms with Crippen molar-refractivity contribution < 1.29 is 8.78 Å². The van der Waals surface area contributed by atoms with Crippen molar-refractivity contribution in [2.45, 2.75) is 16.3 Å². The maximum absolute atomic E-state index is 13.4. The van der Waals surface area contributed by atoms with Gasteiger partial charge in [0.25, 0.3) is 0 Å². The SMILES string of the molecule is Cc1nnc(Sc2nc(NN)c(F)cc2F)s1. The fourth-order valence-electron chi connectivity index (χ4n) is 1.02. The first kappa shape index (κ1) is 12.1. The zero-order valence-corrected chi connectivity index (χ0v) is 10.2. The van der Waals surface area contributed by atoms with Crippen molar-refractivity contribution in [3.05, 3.63) is 22.7 Å². The van der Waals surface area contributed by atoms with Crippen LogP contribution in [0.2, 0.25) is 0 Å². The van der Waals surface area contributed by atoms with Crippen molar-refractivity contribution in [3.63, 3.8) is 0 Å². The largest absolute Gasteiger partial charge is 0.306 e. The number of rotatable bonds is 3. The summed E-state index contributed by atoms with van der Waals surface area (Å²) in [5, 5.41) is 8.35. The van der Waals surface area contributed by atoms with Crippen molar-refractivity contribution in [2.24, 2.45) is 5.84 Å². The highest BCUT2D eigenvalue weighted by molar-refractivity contribution is 8.01. The molecule has 5 nitrogen and oxygen atoms in total. The van der Waals surface area contributed by atoms with Crippen LogP contribution in [0.3, 0.4) is 0 Å². The summed E-state index contributed by atoms with van der Waals surface area (Å²) in [5.74, 6) is 3.24. The molecule has 17 heavy (non-hydrogen) atoms. The molecule has 0 bridgehead atoms. The minimum absolute atomic E-state index is 0.00417. The first-order valence-electron chi connectivity index (χ1n) is 4.40. The summed E-state index contributed by atoms with van der Waals surface area (Å²) in [6.07, 6.45) is 0. The number of pyridine rings is 1. The second-order valence-electron chi connectivity index (χ2n) is 2.94. The molecule has 2 rings (SSSR count). The predicted molar refractivity (Wildman–Crippen MR) is 60.7 cm³/mol. The van der Waals surface area contributed by atoms with Gasteiger partial charge >= 0.3 is 0 Å². The maximum Gasteiger partial charge on any atom is 0.180 e. The van der Waals surface area contributed by atoms with E-state index in [9.17, 15) is 8.78 Å². The van der Waals surface area contributed by atoms with E-state index in [-0.39, 0.29) is 10.8 Å². The number of nitrogens with zero attached hydrogens (tertiary/aromatic N) is 3. The van der Waals surface area contributed by atoms with E-state index in [1.165, 1.54) is 11.3 Å². The van der Waals surface area contributed by atoms with Crippen LogP contribution in [0.25, 0.3) is 0 Å². The summed E-state index contributed by atoms with van der Waals surface area (Å²) >= 11 is 2.27. The minimum Gasteiger partial charge on any atom is -0.306 e. The molecule has 0 aliphatic heterocycles. The highest BCUT2D eigenvalue weighted by atomic mass is 32.2. The minimum atomic E-state index is -0.845. The van der Waals surface area contributed by atoms with Gasteiger partial charge in [0.2, 0.25) is 0 Å². The second kappa shape index (κ2) is 4.90. The van der Waals surface area contributed by atoms with Gasteiger partial charge in [0.05, 0.1) is 0 Å². The molecular formula is C8H7F2N5S2. The molecule has 0 spiro atoms. The molecule has 2 aromatic heterocycles. The van der Waals surface area contributed by atoms with E-state index >= 15 is 0 Å². The lowest BCUT2D eigenvalue weighted by Crippen LogP contribution is -2.11. The second-order valence-corrected chi connectivity index (χ2v) is 5.36. The van der Waals surface area contributed by atoms with E-state index in [0.717, 1.165) is 22.8 Å². The van der Waals surface area contributed by atoms with Crippen LogP contribution in [-0.2, 0) is 0 Å². The van der Waals surface area contributed by atoms with E-state index in [1.807, 2.05) is 0 Å². The molecule has 0 aliphatic rings. The fraction of sp³-hybridized carbons (Fsp3) is 0.125. The van der Waals surface area contributed by atoms with Gasteiger partial charge in [-0.25, -0.2) is 19.6 Å². The molecule has 90 valence electrons. The number of nitrogens with one attached hydrogen (secondary N) is 1. The standard InChI is InChI=1S/C8H7F2N5S2/c1-3-14-15-8(16-3)17-7-5(10)2-4(9)6(12-7)13-11/h2H,11H2,1H3,(H,12,13). The summed E-state index contributed by atoms with van der Waals surface area (Å²) in [4.78, 5) is 3.71. The third-order valence-electron chi connectivity index (χ3n) is 1.73. The van der Waals surface area contributed by atoms with Crippen molar-refractivity contribution in [1.29, 1.82) is 0 Å². The van der Waals surface area contributed by atoms with Crippen LogP contribution in [0.4, 0.5) is 14.6 Å². The van der Waals surface area contributed by atoms with Gasteiger partial charge in [-0.2, -0.15) is 0 Å². The molecule has 2 heterocycles. The van der Waals surface area contributed by atoms with E-state index in [4.69, 9.17) is 5.84 Å². The summed E-state index contributed by atoms with van der Waals surface area (Å²) < 4.78 is 27.0.